The number of carbonyl (C=O) groups excluding carboxylic acids is 3. The van der Waals surface area contributed by atoms with Crippen LogP contribution in [0.3, 0.4) is 0 Å². The van der Waals surface area contributed by atoms with Crippen molar-refractivity contribution in [3.8, 4) is 11.3 Å². The Kier molecular flexibility index (Phi) is 7.69. The van der Waals surface area contributed by atoms with Crippen LogP contribution in [0.25, 0.3) is 11.3 Å². The van der Waals surface area contributed by atoms with Crippen molar-refractivity contribution in [2.24, 2.45) is 0 Å². The van der Waals surface area contributed by atoms with Gasteiger partial charge in [0.05, 0.1) is 5.69 Å². The van der Waals surface area contributed by atoms with Crippen LogP contribution in [0.5, 0.6) is 0 Å². The normalized spacial score (nSPS) is 15.2. The number of benzene rings is 2. The maximum atomic E-state index is 13.0. The Morgan fingerprint density at radius 3 is 2.59 bits per heavy atom. The first kappa shape index (κ1) is 23.6. The van der Waals surface area contributed by atoms with E-state index in [1.165, 1.54) is 23.8 Å². The molecule has 2 aromatic carbocycles. The van der Waals surface area contributed by atoms with Crippen molar-refractivity contribution in [3.05, 3.63) is 71.1 Å². The number of likely N-dealkylation sites (tertiary alicyclic amines) is 1. The van der Waals surface area contributed by atoms with Gasteiger partial charge in [-0.2, -0.15) is 0 Å². The highest BCUT2D eigenvalue weighted by Gasteiger charge is 2.34. The van der Waals surface area contributed by atoms with E-state index < -0.39 is 6.04 Å². The van der Waals surface area contributed by atoms with Crippen molar-refractivity contribution < 1.29 is 14.4 Å². The number of amides is 3. The van der Waals surface area contributed by atoms with E-state index in [2.05, 4.69) is 27.8 Å². The molecule has 0 saturated carbocycles. The van der Waals surface area contributed by atoms with Gasteiger partial charge in [-0.15, -0.1) is 11.3 Å². The second-order valence-corrected chi connectivity index (χ2v) is 9.19. The van der Waals surface area contributed by atoms with Crippen molar-refractivity contribution in [2.45, 2.75) is 38.6 Å². The third kappa shape index (κ3) is 5.88. The summed E-state index contributed by atoms with van der Waals surface area (Å²) in [5, 5.41) is 8.16. The topological polar surface area (TPSA) is 91.4 Å². The lowest BCUT2D eigenvalue weighted by Crippen LogP contribution is -2.43. The van der Waals surface area contributed by atoms with Gasteiger partial charge in [0.2, 0.25) is 11.8 Å². The number of nitrogens with zero attached hydrogens (tertiary/aromatic N) is 2. The van der Waals surface area contributed by atoms with E-state index in [-0.39, 0.29) is 17.7 Å². The number of aryl methyl sites for hydroxylation is 1. The van der Waals surface area contributed by atoms with Crippen LogP contribution >= 0.6 is 11.3 Å². The lowest BCUT2D eigenvalue weighted by atomic mass is 10.1. The summed E-state index contributed by atoms with van der Waals surface area (Å²) in [7, 11) is 0. The number of hydrogen-bond acceptors (Lipinski definition) is 5. The van der Waals surface area contributed by atoms with Gasteiger partial charge in [-0.3, -0.25) is 14.4 Å². The number of anilines is 1. The number of nitrogens with one attached hydrogen (secondary N) is 2. The van der Waals surface area contributed by atoms with Crippen molar-refractivity contribution >= 4 is 34.2 Å². The molecule has 2 N–H and O–H groups in total. The van der Waals surface area contributed by atoms with Crippen LogP contribution in [0.15, 0.2) is 60.0 Å². The highest BCUT2D eigenvalue weighted by atomic mass is 32.1. The molecule has 34 heavy (non-hydrogen) atoms. The van der Waals surface area contributed by atoms with Gasteiger partial charge in [0.15, 0.2) is 5.13 Å². The Labute approximate surface area is 203 Å². The molecule has 0 aliphatic carbocycles. The van der Waals surface area contributed by atoms with E-state index in [0.29, 0.717) is 30.2 Å². The van der Waals surface area contributed by atoms with Crippen molar-refractivity contribution in [1.29, 1.82) is 0 Å². The minimum absolute atomic E-state index is 0.00907. The van der Waals surface area contributed by atoms with Gasteiger partial charge in [-0.1, -0.05) is 42.5 Å². The molecule has 1 aliphatic rings. The van der Waals surface area contributed by atoms with E-state index in [9.17, 15) is 14.4 Å². The molecule has 0 spiro atoms. The van der Waals surface area contributed by atoms with Crippen LogP contribution in [0.4, 0.5) is 5.13 Å². The molecule has 176 valence electrons. The molecule has 0 bridgehead atoms. The second-order valence-electron chi connectivity index (χ2n) is 8.33. The molecule has 7 nitrogen and oxygen atoms in total. The number of rotatable bonds is 8. The van der Waals surface area contributed by atoms with Crippen LogP contribution in [-0.4, -0.2) is 46.7 Å². The zero-order valence-corrected chi connectivity index (χ0v) is 19.9. The molecule has 8 heteroatoms. The van der Waals surface area contributed by atoms with Crippen LogP contribution in [0.2, 0.25) is 0 Å². The minimum Gasteiger partial charge on any atom is -0.356 e. The molecule has 1 aromatic heterocycles. The minimum atomic E-state index is -0.489. The highest BCUT2D eigenvalue weighted by Crippen LogP contribution is 2.27. The maximum Gasteiger partial charge on any atom is 0.254 e. The van der Waals surface area contributed by atoms with Gasteiger partial charge in [0.25, 0.3) is 5.91 Å². The summed E-state index contributed by atoms with van der Waals surface area (Å²) in [6.45, 7) is 2.76. The Morgan fingerprint density at radius 2 is 1.85 bits per heavy atom. The fourth-order valence-corrected chi connectivity index (χ4v) is 4.80. The highest BCUT2D eigenvalue weighted by molar-refractivity contribution is 7.14. The van der Waals surface area contributed by atoms with Gasteiger partial charge >= 0.3 is 0 Å². The summed E-state index contributed by atoms with van der Waals surface area (Å²) in [5.74, 6) is -0.322. The molecule has 1 unspecified atom stereocenters. The first-order valence-corrected chi connectivity index (χ1v) is 12.4. The third-order valence-electron chi connectivity index (χ3n) is 5.84. The predicted molar refractivity (Wildman–Crippen MR) is 134 cm³/mol. The van der Waals surface area contributed by atoms with E-state index in [1.54, 1.807) is 17.0 Å². The molecule has 3 aromatic rings. The molecule has 2 heterocycles. The Hall–Kier alpha value is -3.52. The SMILES string of the molecule is CC(=O)NCCCc1ccc(-c2csc(NC(=O)C3CCCN3C(=O)c3ccccc3)n2)cc1. The molecule has 0 radical (unpaired) electrons. The summed E-state index contributed by atoms with van der Waals surface area (Å²) < 4.78 is 0. The van der Waals surface area contributed by atoms with Gasteiger partial charge in [0, 0.05) is 36.5 Å². The monoisotopic (exact) mass is 476 g/mol. The maximum absolute atomic E-state index is 13.0. The zero-order valence-electron chi connectivity index (χ0n) is 19.1. The van der Waals surface area contributed by atoms with Gasteiger partial charge in [-0.25, -0.2) is 4.98 Å². The zero-order chi connectivity index (χ0) is 23.9. The number of thiazole rings is 1. The van der Waals surface area contributed by atoms with Gasteiger partial charge < -0.3 is 15.5 Å². The van der Waals surface area contributed by atoms with Crippen LogP contribution in [0.1, 0.15) is 42.1 Å². The van der Waals surface area contributed by atoms with Crippen LogP contribution < -0.4 is 10.6 Å². The predicted octanol–water partition coefficient (Wildman–Crippen LogP) is 4.12. The second kappa shape index (κ2) is 11.1. The fourth-order valence-electron chi connectivity index (χ4n) is 4.08. The average Bonchev–Trinajstić information content (AvgIpc) is 3.52. The summed E-state index contributed by atoms with van der Waals surface area (Å²) in [6, 6.07) is 16.7. The van der Waals surface area contributed by atoms with E-state index in [4.69, 9.17) is 0 Å². The summed E-state index contributed by atoms with van der Waals surface area (Å²) >= 11 is 1.37. The first-order chi connectivity index (χ1) is 16.5. The van der Waals surface area contributed by atoms with E-state index in [0.717, 1.165) is 30.5 Å². The van der Waals surface area contributed by atoms with Crippen LogP contribution in [0, 0.1) is 0 Å². The summed E-state index contributed by atoms with van der Waals surface area (Å²) in [4.78, 5) is 43.0. The van der Waals surface area contributed by atoms with E-state index in [1.807, 2.05) is 35.7 Å². The number of hydrogen-bond donors (Lipinski definition) is 2. The van der Waals surface area contributed by atoms with E-state index >= 15 is 0 Å². The molecular formula is C26H28N4O3S. The molecule has 4 rings (SSSR count). The lowest BCUT2D eigenvalue weighted by molar-refractivity contribution is -0.120. The average molecular weight is 477 g/mol. The van der Waals surface area contributed by atoms with Gasteiger partial charge in [0.1, 0.15) is 6.04 Å². The number of aromatic nitrogens is 1. The molecule has 1 fully saturated rings. The Bertz CT molecular complexity index is 1140. The largest absolute Gasteiger partial charge is 0.356 e. The molecule has 1 aliphatic heterocycles. The van der Waals surface area contributed by atoms with Crippen molar-refractivity contribution in [3.63, 3.8) is 0 Å². The molecule has 1 saturated heterocycles. The smallest absolute Gasteiger partial charge is 0.254 e. The lowest BCUT2D eigenvalue weighted by Gasteiger charge is -2.23. The Balaban J connectivity index is 1.34. The van der Waals surface area contributed by atoms with Crippen LogP contribution in [-0.2, 0) is 16.0 Å². The summed E-state index contributed by atoms with van der Waals surface area (Å²) in [5.41, 5.74) is 3.57. The third-order valence-corrected chi connectivity index (χ3v) is 6.59. The molecule has 1 atom stereocenters. The first-order valence-electron chi connectivity index (χ1n) is 11.5. The standard InChI is InChI=1S/C26H28N4O3S/c1-18(31)27-15-5-7-19-11-13-20(14-12-19)22-17-34-26(28-22)29-24(32)23-10-6-16-30(23)25(33)21-8-3-2-4-9-21/h2-4,8-9,11-14,17,23H,5-7,10,15-16H2,1H3,(H,27,31)(H,28,29,32). The fraction of sp³-hybridized carbons (Fsp3) is 0.308. The van der Waals surface area contributed by atoms with Crippen molar-refractivity contribution in [2.75, 3.05) is 18.4 Å². The van der Waals surface area contributed by atoms with Crippen molar-refractivity contribution in [1.82, 2.24) is 15.2 Å². The quantitative estimate of drug-likeness (QED) is 0.479. The van der Waals surface area contributed by atoms with Gasteiger partial charge in [-0.05, 0) is 43.4 Å². The number of carbonyl (C=O) groups is 3. The molecular weight excluding hydrogens is 448 g/mol. The Morgan fingerprint density at radius 1 is 1.09 bits per heavy atom. The summed E-state index contributed by atoms with van der Waals surface area (Å²) in [6.07, 6.45) is 3.22. The molecule has 3 amide bonds.